The predicted octanol–water partition coefficient (Wildman–Crippen LogP) is 4.00. The van der Waals surface area contributed by atoms with E-state index in [2.05, 4.69) is 5.32 Å². The molecule has 0 saturated carbocycles. The molecule has 0 aliphatic rings. The molecule has 0 bridgehead atoms. The maximum atomic E-state index is 13.0. The quantitative estimate of drug-likeness (QED) is 0.863. The lowest BCUT2D eigenvalue weighted by molar-refractivity contribution is -0.113. The smallest absolute Gasteiger partial charge is 0.234 e. The third-order valence-electron chi connectivity index (χ3n) is 2.66. The summed E-state index contributed by atoms with van der Waals surface area (Å²) < 4.78 is 25.8. The van der Waals surface area contributed by atoms with Crippen LogP contribution in [0.2, 0.25) is 0 Å². The number of thioether (sulfide) groups is 1. The van der Waals surface area contributed by atoms with Gasteiger partial charge in [-0.05, 0) is 30.7 Å². The van der Waals surface area contributed by atoms with Gasteiger partial charge in [-0.1, -0.05) is 18.2 Å². The van der Waals surface area contributed by atoms with Gasteiger partial charge in [-0.3, -0.25) is 4.79 Å². The largest absolute Gasteiger partial charge is 0.325 e. The van der Waals surface area contributed by atoms with Gasteiger partial charge in [0.05, 0.1) is 5.75 Å². The van der Waals surface area contributed by atoms with Gasteiger partial charge in [0.25, 0.3) is 0 Å². The molecule has 0 radical (unpaired) electrons. The molecule has 104 valence electrons. The van der Waals surface area contributed by atoms with Crippen molar-refractivity contribution in [3.8, 4) is 0 Å². The molecule has 2 rings (SSSR count). The number of rotatable bonds is 4. The highest BCUT2D eigenvalue weighted by atomic mass is 32.2. The van der Waals surface area contributed by atoms with Crippen molar-refractivity contribution in [1.82, 2.24) is 0 Å². The van der Waals surface area contributed by atoms with Crippen molar-refractivity contribution >= 4 is 23.4 Å². The van der Waals surface area contributed by atoms with Gasteiger partial charge in [-0.2, -0.15) is 0 Å². The topological polar surface area (TPSA) is 29.1 Å². The summed E-state index contributed by atoms with van der Waals surface area (Å²) in [5.41, 5.74) is 1.34. The second kappa shape index (κ2) is 6.52. The number of amides is 1. The Kier molecular flexibility index (Phi) is 4.74. The van der Waals surface area contributed by atoms with Crippen LogP contribution in [0, 0.1) is 18.6 Å². The first kappa shape index (κ1) is 14.5. The van der Waals surface area contributed by atoms with Crippen molar-refractivity contribution in [3.05, 3.63) is 59.7 Å². The summed E-state index contributed by atoms with van der Waals surface area (Å²) in [5.74, 6) is -1.96. The zero-order valence-electron chi connectivity index (χ0n) is 10.8. The second-order valence-electron chi connectivity index (χ2n) is 4.23. The van der Waals surface area contributed by atoms with E-state index in [1.165, 1.54) is 17.8 Å². The second-order valence-corrected chi connectivity index (χ2v) is 5.25. The van der Waals surface area contributed by atoms with E-state index in [0.717, 1.165) is 22.6 Å². The molecule has 0 atom stereocenters. The molecule has 0 spiro atoms. The van der Waals surface area contributed by atoms with Crippen LogP contribution >= 0.6 is 11.8 Å². The molecule has 0 aliphatic heterocycles. The van der Waals surface area contributed by atoms with Crippen LogP contribution in [0.5, 0.6) is 0 Å². The summed E-state index contributed by atoms with van der Waals surface area (Å²) in [6.07, 6.45) is 0. The molecule has 0 heterocycles. The normalized spacial score (nSPS) is 10.3. The van der Waals surface area contributed by atoms with E-state index >= 15 is 0 Å². The highest BCUT2D eigenvalue weighted by Gasteiger charge is 2.07. The minimum Gasteiger partial charge on any atom is -0.325 e. The molecule has 0 aliphatic carbocycles. The Morgan fingerprint density at radius 3 is 2.60 bits per heavy atom. The Labute approximate surface area is 120 Å². The fourth-order valence-corrected chi connectivity index (χ4v) is 2.46. The number of halogens is 2. The van der Waals surface area contributed by atoms with Gasteiger partial charge in [0.15, 0.2) is 11.6 Å². The van der Waals surface area contributed by atoms with E-state index in [1.54, 1.807) is 0 Å². The maximum Gasteiger partial charge on any atom is 0.234 e. The van der Waals surface area contributed by atoms with Crippen LogP contribution in [0.1, 0.15) is 5.56 Å². The van der Waals surface area contributed by atoms with Gasteiger partial charge in [0.1, 0.15) is 0 Å². The molecule has 2 aromatic rings. The highest BCUT2D eigenvalue weighted by molar-refractivity contribution is 8.00. The van der Waals surface area contributed by atoms with E-state index in [-0.39, 0.29) is 17.3 Å². The van der Waals surface area contributed by atoms with Crippen molar-refractivity contribution in [1.29, 1.82) is 0 Å². The molecular weight excluding hydrogens is 280 g/mol. The van der Waals surface area contributed by atoms with Gasteiger partial charge in [-0.25, -0.2) is 8.78 Å². The summed E-state index contributed by atoms with van der Waals surface area (Å²) in [7, 11) is 0. The van der Waals surface area contributed by atoms with E-state index in [0.29, 0.717) is 0 Å². The third-order valence-corrected chi connectivity index (χ3v) is 3.83. The molecule has 20 heavy (non-hydrogen) atoms. The zero-order chi connectivity index (χ0) is 14.5. The standard InChI is InChI=1S/C15H13F2NOS/c1-10-4-2-3-5-14(10)20-9-15(19)18-11-6-7-12(16)13(17)8-11/h2-8H,9H2,1H3,(H,18,19). The SMILES string of the molecule is Cc1ccccc1SCC(=O)Nc1ccc(F)c(F)c1. The molecule has 1 amide bonds. The average molecular weight is 293 g/mol. The van der Waals surface area contributed by atoms with Crippen molar-refractivity contribution in [3.63, 3.8) is 0 Å². The Morgan fingerprint density at radius 1 is 1.15 bits per heavy atom. The van der Waals surface area contributed by atoms with Gasteiger partial charge in [-0.15, -0.1) is 11.8 Å². The van der Waals surface area contributed by atoms with E-state index in [1.807, 2.05) is 31.2 Å². The van der Waals surface area contributed by atoms with Gasteiger partial charge in [0.2, 0.25) is 5.91 Å². The average Bonchev–Trinajstić information content (AvgIpc) is 2.42. The van der Waals surface area contributed by atoms with Gasteiger partial charge in [0, 0.05) is 16.6 Å². The predicted molar refractivity (Wildman–Crippen MR) is 76.9 cm³/mol. The van der Waals surface area contributed by atoms with Gasteiger partial charge < -0.3 is 5.32 Å². The third kappa shape index (κ3) is 3.81. The number of benzene rings is 2. The fourth-order valence-electron chi connectivity index (χ4n) is 1.63. The molecule has 0 aromatic heterocycles. The molecule has 0 unspecified atom stereocenters. The van der Waals surface area contributed by atoms with Crippen LogP contribution < -0.4 is 5.32 Å². The fraction of sp³-hybridized carbons (Fsp3) is 0.133. The van der Waals surface area contributed by atoms with Crippen LogP contribution in [0.4, 0.5) is 14.5 Å². The number of carbonyl (C=O) groups excluding carboxylic acids is 1. The number of nitrogens with one attached hydrogen (secondary N) is 1. The first-order valence-corrected chi connectivity index (χ1v) is 6.98. The van der Waals surface area contributed by atoms with E-state index in [4.69, 9.17) is 0 Å². The summed E-state index contributed by atoms with van der Waals surface area (Å²) in [5, 5.41) is 2.53. The molecule has 2 nitrogen and oxygen atoms in total. The molecular formula is C15H13F2NOS. The van der Waals surface area contributed by atoms with E-state index < -0.39 is 11.6 Å². The Bertz CT molecular complexity index is 631. The molecule has 0 saturated heterocycles. The van der Waals surface area contributed by atoms with Crippen LogP contribution in [0.15, 0.2) is 47.4 Å². The lowest BCUT2D eigenvalue weighted by Gasteiger charge is -2.07. The van der Waals surface area contributed by atoms with Crippen LogP contribution in [-0.4, -0.2) is 11.7 Å². The number of aryl methyl sites for hydroxylation is 1. The number of carbonyl (C=O) groups is 1. The van der Waals surface area contributed by atoms with Crippen LogP contribution in [0.3, 0.4) is 0 Å². The first-order chi connectivity index (χ1) is 9.56. The minimum absolute atomic E-state index is 0.212. The highest BCUT2D eigenvalue weighted by Crippen LogP contribution is 2.22. The number of hydrogen-bond donors (Lipinski definition) is 1. The minimum atomic E-state index is -0.977. The number of anilines is 1. The van der Waals surface area contributed by atoms with Crippen molar-refractivity contribution < 1.29 is 13.6 Å². The molecule has 5 heteroatoms. The van der Waals surface area contributed by atoms with Crippen LogP contribution in [-0.2, 0) is 4.79 Å². The molecule has 0 fully saturated rings. The first-order valence-electron chi connectivity index (χ1n) is 5.99. The van der Waals surface area contributed by atoms with Crippen molar-refractivity contribution in [2.75, 3.05) is 11.1 Å². The Hall–Kier alpha value is -1.88. The molecule has 1 N–H and O–H groups in total. The summed E-state index contributed by atoms with van der Waals surface area (Å²) in [6.45, 7) is 1.97. The Balaban J connectivity index is 1.93. The summed E-state index contributed by atoms with van der Waals surface area (Å²) in [6, 6.07) is 11.0. The zero-order valence-corrected chi connectivity index (χ0v) is 11.6. The lowest BCUT2D eigenvalue weighted by Crippen LogP contribution is -2.14. The Morgan fingerprint density at radius 2 is 1.90 bits per heavy atom. The van der Waals surface area contributed by atoms with E-state index in [9.17, 15) is 13.6 Å². The monoisotopic (exact) mass is 293 g/mol. The van der Waals surface area contributed by atoms with Gasteiger partial charge >= 0.3 is 0 Å². The number of hydrogen-bond acceptors (Lipinski definition) is 2. The maximum absolute atomic E-state index is 13.0. The summed E-state index contributed by atoms with van der Waals surface area (Å²) >= 11 is 1.40. The summed E-state index contributed by atoms with van der Waals surface area (Å²) in [4.78, 5) is 12.8. The van der Waals surface area contributed by atoms with Crippen molar-refractivity contribution in [2.24, 2.45) is 0 Å². The van der Waals surface area contributed by atoms with Crippen LogP contribution in [0.25, 0.3) is 0 Å². The lowest BCUT2D eigenvalue weighted by atomic mass is 10.2. The molecule has 2 aromatic carbocycles. The van der Waals surface area contributed by atoms with Crippen molar-refractivity contribution in [2.45, 2.75) is 11.8 Å².